The Kier molecular flexibility index (Phi) is 12.9. The van der Waals surface area contributed by atoms with E-state index >= 15 is 0 Å². The molecule has 9 aliphatic rings. The highest BCUT2D eigenvalue weighted by molar-refractivity contribution is 5.26. The lowest BCUT2D eigenvalue weighted by Gasteiger charge is -2.59. The number of ether oxygens (including phenoxy) is 7. The predicted octanol–water partition coefficient (Wildman–Crippen LogP) is -0.213. The van der Waals surface area contributed by atoms with Gasteiger partial charge in [0.15, 0.2) is 18.9 Å². The smallest absolute Gasteiger partial charge is 0.187 e. The third kappa shape index (κ3) is 7.49. The highest BCUT2D eigenvalue weighted by atomic mass is 16.8. The summed E-state index contributed by atoms with van der Waals surface area (Å²) in [6, 6.07) is 0. The quantitative estimate of drug-likeness (QED) is 0.142. The second-order valence-electron chi connectivity index (χ2n) is 21.2. The fourth-order valence-corrected chi connectivity index (χ4v) is 14.2. The van der Waals surface area contributed by atoms with Crippen LogP contribution in [0.4, 0.5) is 0 Å². The average Bonchev–Trinajstić information content (AvgIpc) is 3.70. The van der Waals surface area contributed by atoms with Gasteiger partial charge in [-0.3, -0.25) is 5.32 Å². The van der Waals surface area contributed by atoms with Gasteiger partial charge < -0.3 is 79.1 Å². The van der Waals surface area contributed by atoms with E-state index in [1.165, 1.54) is 25.3 Å². The van der Waals surface area contributed by atoms with Crippen LogP contribution in [0.2, 0.25) is 0 Å². The zero-order valence-corrected chi connectivity index (χ0v) is 36.7. The van der Waals surface area contributed by atoms with Crippen LogP contribution in [0.5, 0.6) is 0 Å². The van der Waals surface area contributed by atoms with Crippen LogP contribution in [0.1, 0.15) is 92.4 Å². The van der Waals surface area contributed by atoms with Crippen LogP contribution in [-0.4, -0.2) is 176 Å². The molecular weight excluding hydrogens is 810 g/mol. The Morgan fingerprint density at radius 2 is 1.35 bits per heavy atom. The lowest BCUT2D eigenvalue weighted by atomic mass is 9.47. The van der Waals surface area contributed by atoms with Crippen molar-refractivity contribution in [3.63, 3.8) is 0 Å². The standard InChI is InChI=1S/C45H73NO16/c1-19-8-13-45(46-16-19)20(2)30-27(62-45)15-26-24-7-6-22-14-23(9-11-43(22,4)25(24)10-12-44(26,30)5)57-42-39(61-40-36(54)34(52)31(49)21(3)56-40)38(33(51)29(18-48)59-42)60-41-37(55)35(53)32(50)28(17-47)58-41/h6,19-21,23-42,46-55H,7-18H2,1-5H3/t19-,20+,21-,23+,24+,25+,26+,27-,28+,29+,30-,31-,32+,33-,34+,35-,36+,37+,38-,39+,40+,41-,42+,43-,44-,45+/m0/s1. The summed E-state index contributed by atoms with van der Waals surface area (Å²) in [5, 5.41) is 99.7. The van der Waals surface area contributed by atoms with E-state index in [4.69, 9.17) is 33.2 Å². The van der Waals surface area contributed by atoms with Crippen molar-refractivity contribution in [3.8, 4) is 0 Å². The second kappa shape index (κ2) is 17.3. The number of aliphatic hydroxyl groups excluding tert-OH is 9. The maximum atomic E-state index is 11.6. The molecule has 4 aliphatic carbocycles. The average molecular weight is 884 g/mol. The molecule has 62 heavy (non-hydrogen) atoms. The Balaban J connectivity index is 0.940. The van der Waals surface area contributed by atoms with Crippen molar-refractivity contribution in [2.45, 2.75) is 202 Å². The molecule has 0 radical (unpaired) electrons. The SMILES string of the molecule is C[C@H]1CC[C@@]2(NC1)O[C@H]1C[C@@H]3[C@@H]4CC=C5C[C@H](O[C@@H]6O[C@H](CO)[C@H](O)[C@H](O[C@@H]7O[C@H](CO)[C@@H](O)[C@H](O)[C@H]7O)[C@H]6O[C@H]6O[C@@H](C)[C@H](O)[C@@H](O)[C@H]6O)CC[C@]5(C)[C@@H]4CC[C@]3(C)[C@H]1[C@H]2C. The van der Waals surface area contributed by atoms with E-state index in [1.807, 2.05) is 0 Å². The summed E-state index contributed by atoms with van der Waals surface area (Å²) in [5.74, 6) is 3.32. The highest BCUT2D eigenvalue weighted by Crippen LogP contribution is 2.70. The van der Waals surface area contributed by atoms with E-state index in [0.29, 0.717) is 48.3 Å². The summed E-state index contributed by atoms with van der Waals surface area (Å²) in [5.41, 5.74) is 1.32. The first kappa shape index (κ1) is 46.2. The second-order valence-corrected chi connectivity index (χ2v) is 21.2. The Labute approximate surface area is 364 Å². The normalized spacial score (nSPS) is 57.6. The number of fused-ring (bicyclic) bond motifs is 7. The Morgan fingerprint density at radius 1 is 0.694 bits per heavy atom. The molecular formula is C45H73NO16. The van der Waals surface area contributed by atoms with Crippen LogP contribution in [0, 0.1) is 46.3 Å². The molecule has 0 aromatic rings. The predicted molar refractivity (Wildman–Crippen MR) is 216 cm³/mol. The molecule has 0 amide bonds. The van der Waals surface area contributed by atoms with E-state index in [1.54, 1.807) is 0 Å². The first-order valence-electron chi connectivity index (χ1n) is 23.5. The van der Waals surface area contributed by atoms with Crippen molar-refractivity contribution in [1.29, 1.82) is 0 Å². The third-order valence-corrected chi connectivity index (χ3v) is 17.9. The van der Waals surface area contributed by atoms with Crippen molar-refractivity contribution < 1.29 is 79.1 Å². The summed E-state index contributed by atoms with van der Waals surface area (Å²) in [6.07, 6.45) is -11.9. The molecule has 8 fully saturated rings. The maximum absolute atomic E-state index is 11.6. The number of piperidine rings is 1. The number of aliphatic hydroxyl groups is 9. The van der Waals surface area contributed by atoms with Gasteiger partial charge in [0.2, 0.25) is 0 Å². The Hall–Kier alpha value is -0.940. The zero-order chi connectivity index (χ0) is 44.2. The molecule has 10 N–H and O–H groups in total. The Bertz CT molecular complexity index is 1610. The number of rotatable bonds is 8. The van der Waals surface area contributed by atoms with Crippen molar-refractivity contribution in [3.05, 3.63) is 11.6 Å². The van der Waals surface area contributed by atoms with Crippen molar-refractivity contribution >= 4 is 0 Å². The highest BCUT2D eigenvalue weighted by Gasteiger charge is 2.68. The molecule has 0 aromatic heterocycles. The molecule has 9 rings (SSSR count). The fraction of sp³-hybridized carbons (Fsp3) is 0.956. The number of hydrogen-bond acceptors (Lipinski definition) is 17. The molecule has 354 valence electrons. The first-order valence-corrected chi connectivity index (χ1v) is 23.5. The van der Waals surface area contributed by atoms with E-state index < -0.39 is 111 Å². The Morgan fingerprint density at radius 3 is 2.05 bits per heavy atom. The van der Waals surface area contributed by atoms with Gasteiger partial charge in [-0.1, -0.05) is 39.3 Å². The summed E-state index contributed by atoms with van der Waals surface area (Å²) in [7, 11) is 0. The molecule has 3 saturated carbocycles. The van der Waals surface area contributed by atoms with Gasteiger partial charge in [-0.15, -0.1) is 0 Å². The molecule has 0 unspecified atom stereocenters. The minimum Gasteiger partial charge on any atom is -0.394 e. The van der Waals surface area contributed by atoms with E-state index in [0.717, 1.165) is 38.6 Å². The molecule has 0 bridgehead atoms. The molecule has 1 spiro atoms. The lowest BCUT2D eigenvalue weighted by molar-refractivity contribution is -0.394. The molecule has 5 aliphatic heterocycles. The minimum atomic E-state index is -1.84. The number of nitrogens with one attached hydrogen (secondary N) is 1. The van der Waals surface area contributed by atoms with Gasteiger partial charge in [0.25, 0.3) is 0 Å². The van der Waals surface area contributed by atoms with Gasteiger partial charge in [-0.05, 0) is 105 Å². The molecule has 0 aromatic carbocycles. The monoisotopic (exact) mass is 883 g/mol. The van der Waals surface area contributed by atoms with Gasteiger partial charge >= 0.3 is 0 Å². The van der Waals surface area contributed by atoms with Crippen LogP contribution in [-0.2, 0) is 33.2 Å². The van der Waals surface area contributed by atoms with Gasteiger partial charge in [0.05, 0.1) is 31.5 Å². The van der Waals surface area contributed by atoms with Crippen LogP contribution in [0.3, 0.4) is 0 Å². The fourth-order valence-electron chi connectivity index (χ4n) is 14.2. The van der Waals surface area contributed by atoms with Gasteiger partial charge in [-0.2, -0.15) is 0 Å². The molecule has 17 heteroatoms. The molecule has 17 nitrogen and oxygen atoms in total. The maximum Gasteiger partial charge on any atom is 0.187 e. The van der Waals surface area contributed by atoms with E-state index in [-0.39, 0.29) is 22.7 Å². The molecule has 26 atom stereocenters. The summed E-state index contributed by atoms with van der Waals surface area (Å²) in [4.78, 5) is 0. The summed E-state index contributed by atoms with van der Waals surface area (Å²) in [6.45, 7) is 10.8. The van der Waals surface area contributed by atoms with Crippen LogP contribution in [0.15, 0.2) is 11.6 Å². The topological polar surface area (TPSA) is 259 Å². The van der Waals surface area contributed by atoms with Crippen molar-refractivity contribution in [2.24, 2.45) is 46.3 Å². The lowest BCUT2D eigenvalue weighted by Crippen LogP contribution is -2.67. The minimum absolute atomic E-state index is 0.0361. The van der Waals surface area contributed by atoms with E-state index in [9.17, 15) is 46.0 Å². The number of hydrogen-bond donors (Lipinski definition) is 10. The van der Waals surface area contributed by atoms with Crippen LogP contribution >= 0.6 is 0 Å². The molecule has 5 saturated heterocycles. The van der Waals surface area contributed by atoms with E-state index in [2.05, 4.69) is 39.1 Å². The zero-order valence-electron chi connectivity index (χ0n) is 36.7. The van der Waals surface area contributed by atoms with Gasteiger partial charge in [0.1, 0.15) is 72.9 Å². The number of allylic oxidation sites excluding steroid dienone is 1. The first-order chi connectivity index (χ1) is 29.4. The molecule has 5 heterocycles. The third-order valence-electron chi connectivity index (χ3n) is 17.9. The van der Waals surface area contributed by atoms with Crippen molar-refractivity contribution in [1.82, 2.24) is 5.32 Å². The summed E-state index contributed by atoms with van der Waals surface area (Å²) < 4.78 is 43.9. The van der Waals surface area contributed by atoms with Gasteiger partial charge in [-0.25, -0.2) is 0 Å². The van der Waals surface area contributed by atoms with Crippen molar-refractivity contribution in [2.75, 3.05) is 19.8 Å². The largest absolute Gasteiger partial charge is 0.394 e. The summed E-state index contributed by atoms with van der Waals surface area (Å²) >= 11 is 0. The van der Waals surface area contributed by atoms with Gasteiger partial charge in [0, 0.05) is 12.5 Å². The van der Waals surface area contributed by atoms with Crippen LogP contribution in [0.25, 0.3) is 0 Å². The van der Waals surface area contributed by atoms with Crippen LogP contribution < -0.4 is 5.32 Å².